The normalized spacial score (nSPS) is 9.46. The second-order valence-electron chi connectivity index (χ2n) is 4.41. The number of aromatic nitrogens is 1. The summed E-state index contributed by atoms with van der Waals surface area (Å²) in [5, 5.41) is 11.0. The summed E-state index contributed by atoms with van der Waals surface area (Å²) in [4.78, 5) is 22.7. The first kappa shape index (κ1) is 22.6. The van der Waals surface area contributed by atoms with Crippen molar-refractivity contribution in [3.05, 3.63) is 61.3 Å². The number of nitrogens with zero attached hydrogens (tertiary/aromatic N) is 2. The smallest absolute Gasteiger partial charge is 0.311 e. The molecule has 2 rings (SSSR count). The van der Waals surface area contributed by atoms with Crippen molar-refractivity contribution in [1.82, 2.24) is 0 Å². The molecule has 0 bridgehead atoms. The lowest BCUT2D eigenvalue weighted by Crippen LogP contribution is -2.37. The molecule has 1 heterocycles. The van der Waals surface area contributed by atoms with Crippen molar-refractivity contribution in [3.8, 4) is 5.75 Å². The monoisotopic (exact) mass is 527 g/mol. The van der Waals surface area contributed by atoms with E-state index in [0.29, 0.717) is 0 Å². The molecule has 7 nitrogen and oxygen atoms in total. The van der Waals surface area contributed by atoms with E-state index in [4.69, 9.17) is 4.74 Å². The van der Waals surface area contributed by atoms with Gasteiger partial charge in [-0.1, -0.05) is 0 Å². The van der Waals surface area contributed by atoms with Crippen molar-refractivity contribution in [2.75, 3.05) is 7.11 Å². The van der Waals surface area contributed by atoms with E-state index in [2.05, 4.69) is 31.9 Å². The fourth-order valence-corrected chi connectivity index (χ4v) is 3.24. The van der Waals surface area contributed by atoms with Crippen molar-refractivity contribution >= 4 is 60.3 Å². The molecule has 1 aromatic carbocycles. The van der Waals surface area contributed by atoms with Crippen LogP contribution in [0.4, 0.5) is 5.69 Å². The highest BCUT2D eigenvalue weighted by Crippen LogP contribution is 2.27. The lowest BCUT2D eigenvalue weighted by atomic mass is 10.1. The minimum Gasteiger partial charge on any atom is -0.490 e. The molecule has 1 aromatic heterocycles. The second-order valence-corrected chi connectivity index (χ2v) is 6.24. The zero-order valence-electron chi connectivity index (χ0n) is 12.4. The molecule has 0 saturated heterocycles. The van der Waals surface area contributed by atoms with Crippen LogP contribution in [-0.4, -0.2) is 23.3 Å². The van der Waals surface area contributed by atoms with Gasteiger partial charge >= 0.3 is 5.69 Å². The van der Waals surface area contributed by atoms with Gasteiger partial charge in [0.15, 0.2) is 18.1 Å². The van der Waals surface area contributed by atoms with E-state index in [1.165, 1.54) is 25.3 Å². The highest BCUT2D eigenvalue weighted by molar-refractivity contribution is 9.11. The van der Waals surface area contributed by atoms with Crippen molar-refractivity contribution in [1.29, 1.82) is 0 Å². The molecular weight excluding hydrogens is 516 g/mol. The number of carbonyl (C=O) groups excluding carboxylic acids is 1. The molecule has 0 unspecified atom stereocenters. The molecule has 0 aliphatic carbocycles. The van der Waals surface area contributed by atoms with Crippen molar-refractivity contribution < 1.29 is 24.5 Å². The number of hydrogen-bond acceptors (Lipinski definition) is 4. The van der Waals surface area contributed by atoms with Crippen LogP contribution in [0.2, 0.25) is 0 Å². The van der Waals surface area contributed by atoms with Gasteiger partial charge in [-0.15, -0.1) is 17.0 Å². The lowest BCUT2D eigenvalue weighted by molar-refractivity contribution is -0.684. The fraction of sp³-hybridized carbons (Fsp3) is 0.143. The number of pyridine rings is 1. The van der Waals surface area contributed by atoms with Gasteiger partial charge in [0.25, 0.3) is 0 Å². The topological polar surface area (TPSA) is 105 Å². The molecule has 24 heavy (non-hydrogen) atoms. The third-order valence-electron chi connectivity index (χ3n) is 2.88. The Labute approximate surface area is 165 Å². The van der Waals surface area contributed by atoms with Crippen LogP contribution in [0.25, 0.3) is 0 Å². The van der Waals surface area contributed by atoms with Gasteiger partial charge in [-0.2, -0.15) is 4.57 Å². The van der Waals surface area contributed by atoms with E-state index < -0.39 is 4.92 Å². The first-order chi connectivity index (χ1) is 10.4. The summed E-state index contributed by atoms with van der Waals surface area (Å²) in [5.41, 5.74) is 0.0323. The number of methoxy groups -OCH3 is 1. The number of Topliss-reactive ketones (excluding diaryl/α,β-unsaturated/α-hetero) is 1. The van der Waals surface area contributed by atoms with Crippen LogP contribution in [0, 0.1) is 10.1 Å². The van der Waals surface area contributed by atoms with E-state index in [1.54, 1.807) is 17.0 Å². The summed E-state index contributed by atoms with van der Waals surface area (Å²) in [7, 11) is 1.35. The quantitative estimate of drug-likeness (QED) is 0.257. The minimum atomic E-state index is -0.571. The van der Waals surface area contributed by atoms with Crippen LogP contribution in [0.3, 0.4) is 0 Å². The van der Waals surface area contributed by atoms with Crippen molar-refractivity contribution in [2.24, 2.45) is 0 Å². The maximum absolute atomic E-state index is 12.3. The summed E-state index contributed by atoms with van der Waals surface area (Å²) in [6.45, 7) is 0.0710. The summed E-state index contributed by atoms with van der Waals surface area (Å²) in [5.74, 6) is -0.111. The van der Waals surface area contributed by atoms with E-state index in [0.717, 1.165) is 8.95 Å². The van der Waals surface area contributed by atoms with E-state index in [9.17, 15) is 14.9 Å². The molecule has 0 aliphatic heterocycles. The van der Waals surface area contributed by atoms with Crippen molar-refractivity contribution in [3.63, 3.8) is 0 Å². The van der Waals surface area contributed by atoms with E-state index in [1.807, 2.05) is 6.07 Å². The maximum Gasteiger partial charge on any atom is 0.311 e. The maximum atomic E-state index is 12.3. The number of ether oxygens (including phenoxy) is 1. The average Bonchev–Trinajstić information content (AvgIpc) is 2.45. The molecule has 0 aliphatic rings. The first-order valence-electron chi connectivity index (χ1n) is 6.11. The van der Waals surface area contributed by atoms with Crippen LogP contribution in [0.5, 0.6) is 5.75 Å². The van der Waals surface area contributed by atoms with Crippen LogP contribution < -0.4 is 9.30 Å². The zero-order valence-corrected chi connectivity index (χ0v) is 17.2. The number of carbonyl (C=O) groups is 1. The van der Waals surface area contributed by atoms with Gasteiger partial charge in [-0.05, 0) is 50.1 Å². The number of nitro groups is 1. The molecule has 0 amide bonds. The highest BCUT2D eigenvalue weighted by atomic mass is 79.9. The Morgan fingerprint density at radius 3 is 2.33 bits per heavy atom. The van der Waals surface area contributed by atoms with Gasteiger partial charge in [0.05, 0.1) is 21.0 Å². The molecule has 0 atom stereocenters. The van der Waals surface area contributed by atoms with E-state index in [-0.39, 0.29) is 51.8 Å². The van der Waals surface area contributed by atoms with Crippen LogP contribution >= 0.6 is 48.8 Å². The number of hydrogen-bond donors (Lipinski definition) is 0. The first-order valence-corrected chi connectivity index (χ1v) is 7.70. The molecule has 130 valence electrons. The number of nitro benzene ring substituents is 1. The molecule has 2 aromatic rings. The molecule has 0 radical (unpaired) electrons. The second kappa shape index (κ2) is 9.82. The van der Waals surface area contributed by atoms with E-state index >= 15 is 0 Å². The lowest BCUT2D eigenvalue weighted by Gasteiger charge is -2.03. The molecule has 0 saturated carbocycles. The predicted molar refractivity (Wildman–Crippen MR) is 100.0 cm³/mol. The Balaban J connectivity index is 0.00000264. The zero-order chi connectivity index (χ0) is 16.3. The summed E-state index contributed by atoms with van der Waals surface area (Å²) in [6, 6.07) is 6.02. The van der Waals surface area contributed by atoms with Gasteiger partial charge in [-0.3, -0.25) is 14.9 Å². The third-order valence-corrected chi connectivity index (χ3v) is 3.75. The number of ketones is 1. The standard InChI is InChI=1S/C14H11Br2N2O4.BrH.H2O/c1-22-14-3-2-9(4-12(14)18(20)21)13(19)8-17-6-10(15)5-11(16)7-17;;/h2-7H,8H2,1H3;1H;1H2/q+1;;. The van der Waals surface area contributed by atoms with Crippen molar-refractivity contribution in [2.45, 2.75) is 6.54 Å². The van der Waals surface area contributed by atoms with Crippen LogP contribution in [0.1, 0.15) is 10.4 Å². The minimum absolute atomic E-state index is 0. The van der Waals surface area contributed by atoms with Gasteiger partial charge in [-0.25, -0.2) is 0 Å². The molecule has 0 spiro atoms. The Hall–Kier alpha value is -1.36. The fourth-order valence-electron chi connectivity index (χ4n) is 1.91. The summed E-state index contributed by atoms with van der Waals surface area (Å²) >= 11 is 6.68. The van der Waals surface area contributed by atoms with Crippen LogP contribution in [0.15, 0.2) is 45.6 Å². The van der Waals surface area contributed by atoms with Crippen LogP contribution in [-0.2, 0) is 6.54 Å². The largest absolute Gasteiger partial charge is 0.490 e. The third kappa shape index (κ3) is 5.62. The number of halogens is 3. The predicted octanol–water partition coefficient (Wildman–Crippen LogP) is 3.05. The molecule has 10 heteroatoms. The Kier molecular flexibility index (Phi) is 9.26. The van der Waals surface area contributed by atoms with Gasteiger partial charge < -0.3 is 10.2 Å². The van der Waals surface area contributed by atoms with Gasteiger partial charge in [0.2, 0.25) is 12.3 Å². The molecular formula is C14H14Br3N2O5+. The SMILES string of the molecule is Br.COc1ccc(C(=O)C[n+]2cc(Br)cc(Br)c2)cc1[N+](=O)[O-].O. The Morgan fingerprint density at radius 2 is 1.83 bits per heavy atom. The molecule has 0 fully saturated rings. The Bertz CT molecular complexity index is 735. The summed E-state index contributed by atoms with van der Waals surface area (Å²) in [6.07, 6.45) is 3.50. The Morgan fingerprint density at radius 1 is 1.25 bits per heavy atom. The molecule has 2 N–H and O–H groups in total. The number of rotatable bonds is 5. The van der Waals surface area contributed by atoms with Gasteiger partial charge in [0.1, 0.15) is 0 Å². The summed E-state index contributed by atoms with van der Waals surface area (Å²) < 4.78 is 8.24. The van der Waals surface area contributed by atoms with Gasteiger partial charge in [0, 0.05) is 11.6 Å². The highest BCUT2D eigenvalue weighted by Gasteiger charge is 2.20. The number of benzene rings is 1. The average molecular weight is 530 g/mol.